The molecular weight excluding hydrogens is 264 g/mol. The maximum Gasteiger partial charge on any atom is 0.261 e. The Morgan fingerprint density at radius 2 is 2.05 bits per heavy atom. The first-order valence-corrected chi connectivity index (χ1v) is 7.82. The average Bonchev–Trinajstić information content (AvgIpc) is 2.30. The topological polar surface area (TPSA) is 62.0 Å². The van der Waals surface area contributed by atoms with Crippen LogP contribution in [0.15, 0.2) is 10.9 Å². The molecule has 0 atom stereocenters. The van der Waals surface area contributed by atoms with Gasteiger partial charge in [-0.3, -0.25) is 9.59 Å². The van der Waals surface area contributed by atoms with Crippen LogP contribution >= 0.6 is 0 Å². The summed E-state index contributed by atoms with van der Waals surface area (Å²) in [5, 5.41) is 2.99. The zero-order valence-corrected chi connectivity index (χ0v) is 13.5. The van der Waals surface area contributed by atoms with Gasteiger partial charge < -0.3 is 10.3 Å². The molecule has 0 aliphatic heterocycles. The predicted molar refractivity (Wildman–Crippen MR) is 84.6 cm³/mol. The summed E-state index contributed by atoms with van der Waals surface area (Å²) >= 11 is 0. The smallest absolute Gasteiger partial charge is 0.261 e. The molecule has 21 heavy (non-hydrogen) atoms. The summed E-state index contributed by atoms with van der Waals surface area (Å²) in [5.74, 6) is 0.385. The van der Waals surface area contributed by atoms with Crippen molar-refractivity contribution in [2.45, 2.75) is 53.4 Å². The molecule has 0 unspecified atom stereocenters. The quantitative estimate of drug-likeness (QED) is 0.876. The summed E-state index contributed by atoms with van der Waals surface area (Å²) in [6.07, 6.45) is 4.73. The number of aromatic nitrogens is 1. The highest BCUT2D eigenvalue weighted by Crippen LogP contribution is 2.45. The van der Waals surface area contributed by atoms with Gasteiger partial charge in [0.2, 0.25) is 0 Å². The monoisotopic (exact) mass is 290 g/mol. The van der Waals surface area contributed by atoms with Crippen LogP contribution in [0.1, 0.15) is 61.1 Å². The van der Waals surface area contributed by atoms with Crippen molar-refractivity contribution in [1.29, 1.82) is 0 Å². The van der Waals surface area contributed by atoms with Crippen molar-refractivity contribution in [3.05, 3.63) is 33.2 Å². The molecule has 4 nitrogen and oxygen atoms in total. The van der Waals surface area contributed by atoms with E-state index in [9.17, 15) is 9.59 Å². The number of aryl methyl sites for hydroxylation is 2. The Labute approximate surface area is 126 Å². The molecule has 1 fully saturated rings. The van der Waals surface area contributed by atoms with E-state index in [-0.39, 0.29) is 22.4 Å². The van der Waals surface area contributed by atoms with E-state index in [1.807, 2.05) is 19.9 Å². The van der Waals surface area contributed by atoms with Gasteiger partial charge in [-0.15, -0.1) is 0 Å². The Morgan fingerprint density at radius 3 is 2.52 bits per heavy atom. The minimum atomic E-state index is -0.295. The van der Waals surface area contributed by atoms with Crippen molar-refractivity contribution < 1.29 is 4.79 Å². The molecular formula is C17H26N2O2. The van der Waals surface area contributed by atoms with E-state index < -0.39 is 0 Å². The second kappa shape index (κ2) is 6.04. The SMILES string of the molecule is Cc1cc(C)c(C(=O)NCC2(CC(C)C)CCC2)c(=O)[nH]1. The minimum absolute atomic E-state index is 0.245. The second-order valence-electron chi connectivity index (χ2n) is 6.97. The number of hydrogen-bond donors (Lipinski definition) is 2. The molecule has 116 valence electrons. The number of aromatic amines is 1. The maximum absolute atomic E-state index is 12.3. The summed E-state index contributed by atoms with van der Waals surface area (Å²) in [6, 6.07) is 1.84. The van der Waals surface area contributed by atoms with Crippen molar-refractivity contribution >= 4 is 5.91 Å². The molecule has 1 aromatic rings. The Bertz CT molecular complexity index is 583. The van der Waals surface area contributed by atoms with Crippen LogP contribution in [0.25, 0.3) is 0 Å². The van der Waals surface area contributed by atoms with E-state index in [0.29, 0.717) is 12.5 Å². The molecule has 1 amide bonds. The molecule has 2 rings (SSSR count). The molecule has 0 radical (unpaired) electrons. The Balaban J connectivity index is 2.07. The Morgan fingerprint density at radius 1 is 1.38 bits per heavy atom. The van der Waals surface area contributed by atoms with Gasteiger partial charge in [0.1, 0.15) is 5.56 Å². The van der Waals surface area contributed by atoms with Crippen LogP contribution in [-0.4, -0.2) is 17.4 Å². The largest absolute Gasteiger partial charge is 0.351 e. The lowest BCUT2D eigenvalue weighted by atomic mass is 9.64. The number of hydrogen-bond acceptors (Lipinski definition) is 2. The number of H-pyrrole nitrogens is 1. The lowest BCUT2D eigenvalue weighted by Crippen LogP contribution is -2.44. The highest BCUT2D eigenvalue weighted by atomic mass is 16.2. The highest BCUT2D eigenvalue weighted by Gasteiger charge is 2.37. The third kappa shape index (κ3) is 3.55. The maximum atomic E-state index is 12.3. The van der Waals surface area contributed by atoms with Crippen LogP contribution in [0.2, 0.25) is 0 Å². The summed E-state index contributed by atoms with van der Waals surface area (Å²) in [4.78, 5) is 27.0. The number of carbonyl (C=O) groups is 1. The lowest BCUT2D eigenvalue weighted by molar-refractivity contribution is 0.0779. The van der Waals surface area contributed by atoms with Gasteiger partial charge in [0, 0.05) is 12.2 Å². The van der Waals surface area contributed by atoms with Crippen LogP contribution in [0.5, 0.6) is 0 Å². The van der Waals surface area contributed by atoms with Crippen LogP contribution in [0, 0.1) is 25.2 Å². The zero-order valence-electron chi connectivity index (χ0n) is 13.5. The first-order chi connectivity index (χ1) is 9.83. The van der Waals surface area contributed by atoms with E-state index in [0.717, 1.165) is 17.7 Å². The number of rotatable bonds is 5. The highest BCUT2D eigenvalue weighted by molar-refractivity contribution is 5.95. The third-order valence-corrected chi connectivity index (χ3v) is 4.47. The van der Waals surface area contributed by atoms with Gasteiger partial charge in [-0.25, -0.2) is 0 Å². The van der Waals surface area contributed by atoms with Gasteiger partial charge in [-0.05, 0) is 56.1 Å². The van der Waals surface area contributed by atoms with Gasteiger partial charge in [0.05, 0.1) is 0 Å². The molecule has 1 heterocycles. The molecule has 2 N–H and O–H groups in total. The van der Waals surface area contributed by atoms with Crippen molar-refractivity contribution in [1.82, 2.24) is 10.3 Å². The standard InChI is InChI=1S/C17H26N2O2/c1-11(2)9-17(6-5-7-17)10-18-15(20)14-12(3)8-13(4)19-16(14)21/h8,11H,5-7,9-10H2,1-4H3,(H,18,20)(H,19,21). The van der Waals surface area contributed by atoms with E-state index in [4.69, 9.17) is 0 Å². The zero-order chi connectivity index (χ0) is 15.6. The minimum Gasteiger partial charge on any atom is -0.351 e. The van der Waals surface area contributed by atoms with Gasteiger partial charge >= 0.3 is 0 Å². The summed E-state index contributed by atoms with van der Waals surface area (Å²) in [5.41, 5.74) is 1.72. The summed E-state index contributed by atoms with van der Waals surface area (Å²) in [6.45, 7) is 8.75. The fourth-order valence-corrected chi connectivity index (χ4v) is 3.49. The molecule has 1 saturated carbocycles. The molecule has 1 aliphatic carbocycles. The van der Waals surface area contributed by atoms with Gasteiger partial charge in [0.25, 0.3) is 11.5 Å². The molecule has 0 bridgehead atoms. The predicted octanol–water partition coefficient (Wildman–Crippen LogP) is 2.94. The molecule has 0 aromatic carbocycles. The van der Waals surface area contributed by atoms with E-state index in [1.165, 1.54) is 19.3 Å². The van der Waals surface area contributed by atoms with Crippen molar-refractivity contribution in [2.75, 3.05) is 6.54 Å². The number of pyridine rings is 1. The lowest BCUT2D eigenvalue weighted by Gasteiger charge is -2.43. The van der Waals surface area contributed by atoms with Crippen molar-refractivity contribution in [2.24, 2.45) is 11.3 Å². The molecule has 1 aromatic heterocycles. The van der Waals surface area contributed by atoms with Gasteiger partial charge in [-0.2, -0.15) is 0 Å². The second-order valence-corrected chi connectivity index (χ2v) is 6.97. The molecule has 0 spiro atoms. The number of carbonyl (C=O) groups excluding carboxylic acids is 1. The van der Waals surface area contributed by atoms with Crippen molar-refractivity contribution in [3.63, 3.8) is 0 Å². The summed E-state index contributed by atoms with van der Waals surface area (Å²) in [7, 11) is 0. The molecule has 4 heteroatoms. The van der Waals surface area contributed by atoms with E-state index >= 15 is 0 Å². The van der Waals surface area contributed by atoms with Gasteiger partial charge in [0.15, 0.2) is 0 Å². The van der Waals surface area contributed by atoms with Crippen LogP contribution in [0.3, 0.4) is 0 Å². The molecule has 0 saturated heterocycles. The van der Waals surface area contributed by atoms with Crippen molar-refractivity contribution in [3.8, 4) is 0 Å². The van der Waals surface area contributed by atoms with Gasteiger partial charge in [-0.1, -0.05) is 20.3 Å². The fraction of sp³-hybridized carbons (Fsp3) is 0.647. The average molecular weight is 290 g/mol. The fourth-order valence-electron chi connectivity index (χ4n) is 3.49. The molecule has 1 aliphatic rings. The van der Waals surface area contributed by atoms with Crippen LogP contribution in [-0.2, 0) is 0 Å². The first kappa shape index (κ1) is 15.8. The first-order valence-electron chi connectivity index (χ1n) is 7.82. The van der Waals surface area contributed by atoms with Crippen LogP contribution in [0.4, 0.5) is 0 Å². The van der Waals surface area contributed by atoms with E-state index in [1.54, 1.807) is 0 Å². The Hall–Kier alpha value is -1.58. The number of nitrogens with one attached hydrogen (secondary N) is 2. The van der Waals surface area contributed by atoms with E-state index in [2.05, 4.69) is 24.1 Å². The summed E-state index contributed by atoms with van der Waals surface area (Å²) < 4.78 is 0. The normalized spacial score (nSPS) is 16.6. The number of amides is 1. The third-order valence-electron chi connectivity index (χ3n) is 4.47. The Kier molecular flexibility index (Phi) is 4.55. The van der Waals surface area contributed by atoms with Crippen LogP contribution < -0.4 is 10.9 Å².